The van der Waals surface area contributed by atoms with E-state index in [1.54, 1.807) is 13.8 Å². The standard InChI is InChI=1S/C16H30O7S.2Na/c1-4-7-9-12(6-3)11-16(15(19)20,24(21,22)23)13(14(17)18)10-8-5-2;;/h12-13H,4-11H2,1-3H3,(H,17,18)(H,19,20)(H,21,22,23);;/q;2*+1/p-2. The van der Waals surface area contributed by atoms with Crippen LogP contribution in [0, 0.1) is 11.8 Å². The van der Waals surface area contributed by atoms with Crippen molar-refractivity contribution in [1.82, 2.24) is 0 Å². The number of hydrogen-bond acceptors (Lipinski definition) is 6. The van der Waals surface area contributed by atoms with Crippen molar-refractivity contribution in [3.8, 4) is 0 Å². The van der Waals surface area contributed by atoms with Crippen molar-refractivity contribution in [3.05, 3.63) is 0 Å². The van der Waals surface area contributed by atoms with Crippen LogP contribution in [0.2, 0.25) is 0 Å². The molecule has 0 aliphatic rings. The van der Waals surface area contributed by atoms with Crippen LogP contribution < -0.4 is 69.3 Å². The molecule has 0 rings (SSSR count). The third-order valence-electron chi connectivity index (χ3n) is 4.63. The molecule has 1 N–H and O–H groups in total. The van der Waals surface area contributed by atoms with Crippen molar-refractivity contribution in [2.75, 3.05) is 0 Å². The Bertz CT molecular complexity index is 525. The first-order valence-corrected chi connectivity index (χ1v) is 9.91. The smallest absolute Gasteiger partial charge is 0.550 e. The van der Waals surface area contributed by atoms with E-state index in [9.17, 15) is 32.8 Å². The largest absolute Gasteiger partial charge is 1.00 e. The molecule has 3 unspecified atom stereocenters. The average molecular weight is 410 g/mol. The maximum atomic E-state index is 12.0. The third kappa shape index (κ3) is 8.47. The van der Waals surface area contributed by atoms with Gasteiger partial charge < -0.3 is 19.8 Å². The van der Waals surface area contributed by atoms with E-state index < -0.39 is 39.1 Å². The van der Waals surface area contributed by atoms with Gasteiger partial charge in [-0.3, -0.25) is 4.55 Å². The Morgan fingerprint density at radius 1 is 1.00 bits per heavy atom. The molecular formula is C16H28Na2O7S. The molecule has 142 valence electrons. The number of carbonyl (C=O) groups excluding carboxylic acids is 2. The molecule has 0 saturated carbocycles. The minimum absolute atomic E-state index is 0. The molecule has 0 heterocycles. The molecule has 0 bridgehead atoms. The zero-order valence-electron chi connectivity index (χ0n) is 16.6. The summed E-state index contributed by atoms with van der Waals surface area (Å²) in [6.07, 6.45) is 2.74. The fourth-order valence-corrected chi connectivity index (χ4v) is 4.31. The van der Waals surface area contributed by atoms with Crippen LogP contribution in [0.4, 0.5) is 0 Å². The minimum Gasteiger partial charge on any atom is -0.550 e. The SMILES string of the molecule is CCCCC(CC)CC(C(=O)[O-])(C(CCCC)C(=O)[O-])S(=O)(=O)O.[Na+].[Na+]. The van der Waals surface area contributed by atoms with Crippen LogP contribution in [0.3, 0.4) is 0 Å². The molecule has 0 saturated heterocycles. The summed E-state index contributed by atoms with van der Waals surface area (Å²) in [6.45, 7) is 5.47. The van der Waals surface area contributed by atoms with E-state index in [4.69, 9.17) is 0 Å². The molecule has 0 amide bonds. The van der Waals surface area contributed by atoms with Gasteiger partial charge in [-0.05, 0) is 18.8 Å². The Morgan fingerprint density at radius 2 is 1.46 bits per heavy atom. The van der Waals surface area contributed by atoms with E-state index in [-0.39, 0.29) is 71.5 Å². The zero-order chi connectivity index (χ0) is 19.0. The third-order valence-corrected chi connectivity index (χ3v) is 6.17. The molecule has 0 aromatic rings. The van der Waals surface area contributed by atoms with Gasteiger partial charge in [0.25, 0.3) is 10.1 Å². The van der Waals surface area contributed by atoms with Crippen LogP contribution in [-0.4, -0.2) is 29.7 Å². The Kier molecular flexibility index (Phi) is 17.9. The van der Waals surface area contributed by atoms with Crippen LogP contribution >= 0.6 is 0 Å². The van der Waals surface area contributed by atoms with Gasteiger partial charge in [-0.2, -0.15) is 8.42 Å². The predicted molar refractivity (Wildman–Crippen MR) is 85.2 cm³/mol. The molecule has 10 heteroatoms. The minimum atomic E-state index is -5.21. The maximum Gasteiger partial charge on any atom is 1.00 e. The van der Waals surface area contributed by atoms with Crippen LogP contribution in [0.25, 0.3) is 0 Å². The van der Waals surface area contributed by atoms with Gasteiger partial charge in [0, 0.05) is 11.9 Å². The molecule has 26 heavy (non-hydrogen) atoms. The van der Waals surface area contributed by atoms with Gasteiger partial charge in [0.2, 0.25) is 0 Å². The monoisotopic (exact) mass is 410 g/mol. The first-order valence-electron chi connectivity index (χ1n) is 8.47. The maximum absolute atomic E-state index is 12.0. The predicted octanol–water partition coefficient (Wildman–Crippen LogP) is -5.47. The van der Waals surface area contributed by atoms with Crippen LogP contribution in [0.5, 0.6) is 0 Å². The topological polar surface area (TPSA) is 135 Å². The van der Waals surface area contributed by atoms with E-state index in [2.05, 4.69) is 0 Å². The Balaban J connectivity index is -0.00000264. The van der Waals surface area contributed by atoms with Gasteiger partial charge >= 0.3 is 59.1 Å². The van der Waals surface area contributed by atoms with Gasteiger partial charge in [-0.15, -0.1) is 0 Å². The molecule has 0 radical (unpaired) electrons. The molecule has 7 nitrogen and oxygen atoms in total. The Morgan fingerprint density at radius 3 is 1.77 bits per heavy atom. The fourth-order valence-electron chi connectivity index (χ4n) is 3.08. The summed E-state index contributed by atoms with van der Waals surface area (Å²) in [6, 6.07) is 0. The molecule has 3 atom stereocenters. The van der Waals surface area contributed by atoms with E-state index in [1.807, 2.05) is 6.92 Å². The summed E-state index contributed by atoms with van der Waals surface area (Å²) in [4.78, 5) is 23.3. The molecule has 0 aromatic heterocycles. The van der Waals surface area contributed by atoms with E-state index in [1.165, 1.54) is 0 Å². The average Bonchev–Trinajstić information content (AvgIpc) is 2.47. The Labute approximate surface area is 201 Å². The van der Waals surface area contributed by atoms with Crippen LogP contribution in [-0.2, 0) is 19.7 Å². The number of carboxylic acid groups (broad SMARTS) is 2. The van der Waals surface area contributed by atoms with Crippen molar-refractivity contribution < 1.29 is 91.9 Å². The van der Waals surface area contributed by atoms with Gasteiger partial charge in [-0.1, -0.05) is 59.3 Å². The number of carboxylic acids is 2. The van der Waals surface area contributed by atoms with E-state index in [0.717, 1.165) is 12.8 Å². The number of unbranched alkanes of at least 4 members (excludes halogenated alkanes) is 2. The van der Waals surface area contributed by atoms with Crippen LogP contribution in [0.15, 0.2) is 0 Å². The molecule has 0 fully saturated rings. The van der Waals surface area contributed by atoms with Gasteiger partial charge in [0.1, 0.15) is 4.75 Å². The van der Waals surface area contributed by atoms with Gasteiger partial charge in [-0.25, -0.2) is 0 Å². The first kappa shape index (κ1) is 31.5. The Hall–Kier alpha value is 0.850. The first-order chi connectivity index (χ1) is 11.1. The van der Waals surface area contributed by atoms with Crippen LogP contribution in [0.1, 0.15) is 72.1 Å². The second-order valence-corrected chi connectivity index (χ2v) is 7.97. The second-order valence-electron chi connectivity index (χ2n) is 6.29. The second kappa shape index (κ2) is 14.8. The summed E-state index contributed by atoms with van der Waals surface area (Å²) in [5.41, 5.74) is 0. The number of rotatable bonds is 13. The van der Waals surface area contributed by atoms with Crippen molar-refractivity contribution >= 4 is 22.1 Å². The number of aliphatic carboxylic acids is 2. The molecule has 0 aliphatic carbocycles. The summed E-state index contributed by atoms with van der Waals surface area (Å²) >= 11 is 0. The molecule has 0 aliphatic heterocycles. The molecule has 0 aromatic carbocycles. The summed E-state index contributed by atoms with van der Waals surface area (Å²) in [5.74, 6) is -6.08. The van der Waals surface area contributed by atoms with Crippen molar-refractivity contribution in [3.63, 3.8) is 0 Å². The van der Waals surface area contributed by atoms with E-state index >= 15 is 0 Å². The van der Waals surface area contributed by atoms with Crippen molar-refractivity contribution in [1.29, 1.82) is 0 Å². The number of hydrogen-bond donors (Lipinski definition) is 1. The fraction of sp³-hybridized carbons (Fsp3) is 0.875. The zero-order valence-corrected chi connectivity index (χ0v) is 21.4. The van der Waals surface area contributed by atoms with Gasteiger partial charge in [0.15, 0.2) is 0 Å². The summed E-state index contributed by atoms with van der Waals surface area (Å²) in [5, 5.41) is 23.3. The summed E-state index contributed by atoms with van der Waals surface area (Å²) in [7, 11) is -5.21. The van der Waals surface area contributed by atoms with Crippen molar-refractivity contribution in [2.24, 2.45) is 11.8 Å². The van der Waals surface area contributed by atoms with Gasteiger partial charge in [0.05, 0.1) is 5.97 Å². The normalized spacial score (nSPS) is 15.7. The van der Waals surface area contributed by atoms with Crippen molar-refractivity contribution in [2.45, 2.75) is 76.9 Å². The molecular weight excluding hydrogens is 382 g/mol. The number of carbonyl (C=O) groups is 2. The quantitative estimate of drug-likeness (QED) is 0.236. The molecule has 0 spiro atoms. The summed E-state index contributed by atoms with van der Waals surface area (Å²) < 4.78 is 30.7. The van der Waals surface area contributed by atoms with E-state index in [0.29, 0.717) is 25.7 Å².